The number of anilines is 2. The molecule has 5 aromatic rings. The van der Waals surface area contributed by atoms with E-state index < -0.39 is 0 Å². The van der Waals surface area contributed by atoms with Gasteiger partial charge in [0, 0.05) is 27.2 Å². The summed E-state index contributed by atoms with van der Waals surface area (Å²) < 4.78 is 5.84. The Morgan fingerprint density at radius 3 is 2.39 bits per heavy atom. The van der Waals surface area contributed by atoms with Gasteiger partial charge in [0.15, 0.2) is 5.58 Å². The Bertz CT molecular complexity index is 1340. The van der Waals surface area contributed by atoms with Crippen molar-refractivity contribution in [3.8, 4) is 21.8 Å². The third-order valence-electron chi connectivity index (χ3n) is 5.11. The van der Waals surface area contributed by atoms with E-state index in [2.05, 4.69) is 41.7 Å². The highest BCUT2D eigenvalue weighted by molar-refractivity contribution is 7.13. The summed E-state index contributed by atoms with van der Waals surface area (Å²) in [7, 11) is 0. The van der Waals surface area contributed by atoms with Crippen molar-refractivity contribution in [1.29, 1.82) is 0 Å². The second kappa shape index (κ2) is 8.17. The monoisotopic (exact) mass is 445 g/mol. The molecule has 0 fully saturated rings. The highest BCUT2D eigenvalue weighted by Crippen LogP contribution is 2.31. The van der Waals surface area contributed by atoms with Crippen molar-refractivity contribution in [2.75, 3.05) is 5.32 Å². The molecule has 2 aromatic heterocycles. The summed E-state index contributed by atoms with van der Waals surface area (Å²) in [6.07, 6.45) is 0. The van der Waals surface area contributed by atoms with Gasteiger partial charge in [-0.25, -0.2) is 4.98 Å². The minimum atomic E-state index is 0.455. The normalized spacial score (nSPS) is 11.4. The lowest BCUT2D eigenvalue weighted by atomic mass is 10.0. The number of nitrogens with one attached hydrogen (secondary N) is 1. The first-order valence-corrected chi connectivity index (χ1v) is 11.3. The van der Waals surface area contributed by atoms with Gasteiger partial charge < -0.3 is 9.73 Å². The van der Waals surface area contributed by atoms with Gasteiger partial charge in [-0.15, -0.1) is 11.3 Å². The molecule has 154 valence electrons. The average Bonchev–Trinajstić information content (AvgIpc) is 3.41. The minimum absolute atomic E-state index is 0.455. The summed E-state index contributed by atoms with van der Waals surface area (Å²) in [5.41, 5.74) is 6.87. The maximum atomic E-state index is 5.98. The Balaban J connectivity index is 1.33. The molecule has 0 bridgehead atoms. The third-order valence-corrected chi connectivity index (χ3v) is 6.25. The number of oxazole rings is 1. The molecule has 0 atom stereocenters. The molecule has 0 radical (unpaired) electrons. The zero-order valence-electron chi connectivity index (χ0n) is 17.1. The van der Waals surface area contributed by atoms with Crippen LogP contribution in [0.2, 0.25) is 5.02 Å². The number of aromatic nitrogens is 2. The Labute approximate surface area is 189 Å². The van der Waals surface area contributed by atoms with E-state index in [-0.39, 0.29) is 0 Å². The number of rotatable bonds is 5. The molecule has 0 aliphatic rings. The van der Waals surface area contributed by atoms with E-state index in [1.165, 1.54) is 5.56 Å². The molecule has 0 saturated heterocycles. The van der Waals surface area contributed by atoms with Crippen molar-refractivity contribution >= 4 is 45.7 Å². The van der Waals surface area contributed by atoms with Gasteiger partial charge >= 0.3 is 0 Å². The average molecular weight is 446 g/mol. The summed E-state index contributed by atoms with van der Waals surface area (Å²) >= 11 is 7.60. The summed E-state index contributed by atoms with van der Waals surface area (Å²) in [5.74, 6) is 0.455. The van der Waals surface area contributed by atoms with Crippen LogP contribution in [0.3, 0.4) is 0 Å². The van der Waals surface area contributed by atoms with Crippen LogP contribution in [0.15, 0.2) is 76.5 Å². The van der Waals surface area contributed by atoms with Gasteiger partial charge in [0.25, 0.3) is 6.01 Å². The Hall–Kier alpha value is -3.15. The molecule has 0 aliphatic carbocycles. The maximum absolute atomic E-state index is 5.98. The molecule has 1 N–H and O–H groups in total. The van der Waals surface area contributed by atoms with Gasteiger partial charge in [0.1, 0.15) is 10.5 Å². The second-order valence-corrected chi connectivity index (χ2v) is 8.94. The van der Waals surface area contributed by atoms with Crippen molar-refractivity contribution in [2.24, 2.45) is 0 Å². The summed E-state index contributed by atoms with van der Waals surface area (Å²) in [6.45, 7) is 4.34. The number of nitrogens with zero attached hydrogens (tertiary/aromatic N) is 2. The van der Waals surface area contributed by atoms with E-state index in [1.807, 2.05) is 54.6 Å². The molecule has 0 spiro atoms. The molecule has 0 unspecified atom stereocenters. The van der Waals surface area contributed by atoms with Crippen LogP contribution < -0.4 is 5.32 Å². The van der Waals surface area contributed by atoms with Crippen molar-refractivity contribution in [1.82, 2.24) is 9.97 Å². The van der Waals surface area contributed by atoms with E-state index in [4.69, 9.17) is 21.0 Å². The van der Waals surface area contributed by atoms with Crippen LogP contribution in [0.4, 0.5) is 11.7 Å². The first-order valence-electron chi connectivity index (χ1n) is 10.0. The molecule has 6 heteroatoms. The lowest BCUT2D eigenvalue weighted by Gasteiger charge is -2.03. The zero-order chi connectivity index (χ0) is 21.4. The standard InChI is InChI=1S/C25H20ClN3OS/c1-15(2)18-7-12-23-21(13-18)29-25(30-23)27-20-10-5-16(6-11-20)22-14-31-24(28-22)17-3-8-19(26)9-4-17/h3-15H,1-2H3,(H,27,29). The summed E-state index contributed by atoms with van der Waals surface area (Å²) in [6, 6.07) is 22.5. The maximum Gasteiger partial charge on any atom is 0.300 e. The topological polar surface area (TPSA) is 51.0 Å². The van der Waals surface area contributed by atoms with Crippen molar-refractivity contribution < 1.29 is 4.42 Å². The Kier molecular flexibility index (Phi) is 5.22. The molecule has 4 nitrogen and oxygen atoms in total. The fourth-order valence-corrected chi connectivity index (χ4v) is 4.30. The third kappa shape index (κ3) is 4.20. The van der Waals surface area contributed by atoms with Crippen molar-refractivity contribution in [3.63, 3.8) is 0 Å². The summed E-state index contributed by atoms with van der Waals surface area (Å²) in [5, 5.41) is 7.02. The predicted octanol–water partition coefficient (Wildman–Crippen LogP) is 8.14. The fourth-order valence-electron chi connectivity index (χ4n) is 3.34. The molecular weight excluding hydrogens is 426 g/mol. The number of fused-ring (bicyclic) bond motifs is 1. The quantitative estimate of drug-likeness (QED) is 0.296. The molecule has 0 amide bonds. The molecule has 0 saturated carbocycles. The number of hydrogen-bond acceptors (Lipinski definition) is 5. The van der Waals surface area contributed by atoms with E-state index in [1.54, 1.807) is 11.3 Å². The minimum Gasteiger partial charge on any atom is -0.423 e. The molecule has 5 rings (SSSR count). The van der Waals surface area contributed by atoms with Crippen LogP contribution in [0.25, 0.3) is 32.9 Å². The van der Waals surface area contributed by atoms with E-state index >= 15 is 0 Å². The van der Waals surface area contributed by atoms with Crippen LogP contribution in [0, 0.1) is 0 Å². The smallest absolute Gasteiger partial charge is 0.300 e. The molecular formula is C25H20ClN3OS. The Morgan fingerprint density at radius 1 is 0.903 bits per heavy atom. The van der Waals surface area contributed by atoms with Crippen LogP contribution in [0.1, 0.15) is 25.3 Å². The van der Waals surface area contributed by atoms with Crippen LogP contribution in [0.5, 0.6) is 0 Å². The zero-order valence-corrected chi connectivity index (χ0v) is 18.7. The van der Waals surface area contributed by atoms with E-state index in [0.29, 0.717) is 11.9 Å². The van der Waals surface area contributed by atoms with Gasteiger partial charge in [-0.2, -0.15) is 4.98 Å². The predicted molar refractivity (Wildman–Crippen MR) is 129 cm³/mol. The van der Waals surface area contributed by atoms with Gasteiger partial charge in [-0.3, -0.25) is 0 Å². The first-order chi connectivity index (χ1) is 15.0. The molecule has 3 aromatic carbocycles. The number of halogens is 1. The van der Waals surface area contributed by atoms with Crippen molar-refractivity contribution in [3.05, 3.63) is 82.7 Å². The highest BCUT2D eigenvalue weighted by Gasteiger charge is 2.10. The lowest BCUT2D eigenvalue weighted by molar-refractivity contribution is 0.623. The fraction of sp³-hybridized carbons (Fsp3) is 0.120. The Morgan fingerprint density at radius 2 is 1.65 bits per heavy atom. The van der Waals surface area contributed by atoms with Crippen LogP contribution in [-0.2, 0) is 0 Å². The largest absolute Gasteiger partial charge is 0.423 e. The van der Waals surface area contributed by atoms with E-state index in [0.717, 1.165) is 43.6 Å². The SMILES string of the molecule is CC(C)c1ccc2oc(Nc3ccc(-c4csc(-c5ccc(Cl)cc5)n4)cc3)nc2c1. The van der Waals surface area contributed by atoms with Gasteiger partial charge in [0.2, 0.25) is 0 Å². The van der Waals surface area contributed by atoms with E-state index in [9.17, 15) is 0 Å². The highest BCUT2D eigenvalue weighted by atomic mass is 35.5. The number of benzene rings is 3. The van der Waals surface area contributed by atoms with Gasteiger partial charge in [-0.1, -0.05) is 55.8 Å². The second-order valence-electron chi connectivity index (χ2n) is 7.65. The van der Waals surface area contributed by atoms with Crippen molar-refractivity contribution in [2.45, 2.75) is 19.8 Å². The van der Waals surface area contributed by atoms with Gasteiger partial charge in [-0.05, 0) is 47.9 Å². The number of hydrogen-bond donors (Lipinski definition) is 1. The first kappa shape index (κ1) is 19.8. The molecule has 2 heterocycles. The van der Waals surface area contributed by atoms with Gasteiger partial charge in [0.05, 0.1) is 5.69 Å². The molecule has 31 heavy (non-hydrogen) atoms. The summed E-state index contributed by atoms with van der Waals surface area (Å²) in [4.78, 5) is 9.35. The number of thiazole rings is 1. The van der Waals surface area contributed by atoms with Crippen LogP contribution in [-0.4, -0.2) is 9.97 Å². The lowest BCUT2D eigenvalue weighted by Crippen LogP contribution is -1.90. The van der Waals surface area contributed by atoms with Crippen LogP contribution >= 0.6 is 22.9 Å². The molecule has 0 aliphatic heterocycles.